The van der Waals surface area contributed by atoms with Crippen LogP contribution in [0.4, 0.5) is 5.69 Å². The molecular formula is C13H15N5O2. The Morgan fingerprint density at radius 3 is 3.00 bits per heavy atom. The summed E-state index contributed by atoms with van der Waals surface area (Å²) in [4.78, 5) is 12.1. The van der Waals surface area contributed by atoms with E-state index in [2.05, 4.69) is 20.8 Å². The summed E-state index contributed by atoms with van der Waals surface area (Å²) in [5.74, 6) is -0.0920. The van der Waals surface area contributed by atoms with Crippen molar-refractivity contribution in [3.63, 3.8) is 0 Å². The number of anilines is 1. The molecule has 7 nitrogen and oxygen atoms in total. The Morgan fingerprint density at radius 2 is 2.25 bits per heavy atom. The zero-order valence-corrected chi connectivity index (χ0v) is 10.8. The fourth-order valence-corrected chi connectivity index (χ4v) is 2.04. The smallest absolute Gasteiger partial charge is 0.243 e. The highest BCUT2D eigenvalue weighted by Gasteiger charge is 2.21. The fraction of sp³-hybridized carbons (Fsp3) is 0.308. The average Bonchev–Trinajstić information content (AvgIpc) is 3.03. The van der Waals surface area contributed by atoms with E-state index in [-0.39, 0.29) is 11.9 Å². The summed E-state index contributed by atoms with van der Waals surface area (Å²) in [6.07, 6.45) is 3.22. The third-order valence-electron chi connectivity index (χ3n) is 3.07. The number of rotatable bonds is 3. The average molecular weight is 273 g/mol. The summed E-state index contributed by atoms with van der Waals surface area (Å²) >= 11 is 0. The number of hydrogen-bond donors (Lipinski definition) is 2. The molecule has 0 aliphatic carbocycles. The van der Waals surface area contributed by atoms with Gasteiger partial charge in [-0.25, -0.2) is 0 Å². The summed E-state index contributed by atoms with van der Waals surface area (Å²) in [7, 11) is 0. The number of morpholine rings is 1. The van der Waals surface area contributed by atoms with Gasteiger partial charge in [-0.3, -0.25) is 9.36 Å². The van der Waals surface area contributed by atoms with E-state index in [0.717, 1.165) is 11.4 Å². The van der Waals surface area contributed by atoms with E-state index in [9.17, 15) is 4.79 Å². The van der Waals surface area contributed by atoms with Gasteiger partial charge in [0.15, 0.2) is 0 Å². The van der Waals surface area contributed by atoms with Gasteiger partial charge in [0.1, 0.15) is 18.7 Å². The minimum absolute atomic E-state index is 0.0920. The molecule has 20 heavy (non-hydrogen) atoms. The fourth-order valence-electron chi connectivity index (χ4n) is 2.04. The monoisotopic (exact) mass is 273 g/mol. The predicted molar refractivity (Wildman–Crippen MR) is 72.6 cm³/mol. The van der Waals surface area contributed by atoms with Gasteiger partial charge in [0, 0.05) is 12.2 Å². The second-order valence-electron chi connectivity index (χ2n) is 4.49. The van der Waals surface area contributed by atoms with Crippen molar-refractivity contribution in [1.82, 2.24) is 20.1 Å². The molecule has 1 fully saturated rings. The highest BCUT2D eigenvalue weighted by molar-refractivity contribution is 5.95. The summed E-state index contributed by atoms with van der Waals surface area (Å²) in [6, 6.07) is 7.19. The normalized spacial score (nSPS) is 18.7. The Hall–Kier alpha value is -2.25. The summed E-state index contributed by atoms with van der Waals surface area (Å²) < 4.78 is 7.06. The Labute approximate surface area is 116 Å². The largest absolute Gasteiger partial charge is 0.378 e. The van der Waals surface area contributed by atoms with Crippen LogP contribution in [0.2, 0.25) is 0 Å². The van der Waals surface area contributed by atoms with Gasteiger partial charge in [0.25, 0.3) is 0 Å². The minimum Gasteiger partial charge on any atom is -0.378 e. The lowest BCUT2D eigenvalue weighted by molar-refractivity contribution is -0.120. The quantitative estimate of drug-likeness (QED) is 0.834. The lowest BCUT2D eigenvalue weighted by Crippen LogP contribution is -2.48. The van der Waals surface area contributed by atoms with Gasteiger partial charge < -0.3 is 15.4 Å². The minimum atomic E-state index is -0.303. The molecule has 1 aliphatic heterocycles. The van der Waals surface area contributed by atoms with Gasteiger partial charge in [-0.15, -0.1) is 10.2 Å². The second kappa shape index (κ2) is 5.81. The first kappa shape index (κ1) is 12.8. The van der Waals surface area contributed by atoms with Gasteiger partial charge in [-0.1, -0.05) is 6.07 Å². The number of amides is 1. The molecule has 1 atom stereocenters. The van der Waals surface area contributed by atoms with Gasteiger partial charge in [-0.05, 0) is 18.2 Å². The molecular weight excluding hydrogens is 258 g/mol. The van der Waals surface area contributed by atoms with Crippen LogP contribution in [0.5, 0.6) is 0 Å². The van der Waals surface area contributed by atoms with Crippen molar-refractivity contribution in [2.75, 3.05) is 25.1 Å². The summed E-state index contributed by atoms with van der Waals surface area (Å²) in [6.45, 7) is 1.74. The van der Waals surface area contributed by atoms with Crippen LogP contribution in [-0.4, -0.2) is 46.5 Å². The molecule has 1 aromatic heterocycles. The Balaban J connectivity index is 1.71. The molecule has 1 aliphatic rings. The molecule has 2 aromatic rings. The van der Waals surface area contributed by atoms with E-state index in [1.165, 1.54) is 0 Å². The van der Waals surface area contributed by atoms with Crippen LogP contribution in [0.3, 0.4) is 0 Å². The topological polar surface area (TPSA) is 81.1 Å². The maximum atomic E-state index is 12.1. The zero-order valence-electron chi connectivity index (χ0n) is 10.8. The van der Waals surface area contributed by atoms with E-state index in [4.69, 9.17) is 4.74 Å². The van der Waals surface area contributed by atoms with Crippen molar-refractivity contribution in [1.29, 1.82) is 0 Å². The number of benzene rings is 1. The molecule has 3 rings (SSSR count). The van der Waals surface area contributed by atoms with Crippen LogP contribution >= 0.6 is 0 Å². The predicted octanol–water partition coefficient (Wildman–Crippen LogP) is 0.194. The molecule has 104 valence electrons. The van der Waals surface area contributed by atoms with Crippen molar-refractivity contribution >= 4 is 11.6 Å². The van der Waals surface area contributed by atoms with Crippen LogP contribution in [0.1, 0.15) is 0 Å². The van der Waals surface area contributed by atoms with Crippen molar-refractivity contribution in [2.24, 2.45) is 0 Å². The van der Waals surface area contributed by atoms with Gasteiger partial charge >= 0.3 is 0 Å². The van der Waals surface area contributed by atoms with Crippen molar-refractivity contribution in [3.8, 4) is 5.69 Å². The van der Waals surface area contributed by atoms with Gasteiger partial charge in [0.2, 0.25) is 5.91 Å². The number of carbonyl (C=O) groups excluding carboxylic acids is 1. The van der Waals surface area contributed by atoms with E-state index in [0.29, 0.717) is 19.8 Å². The first-order valence-electron chi connectivity index (χ1n) is 6.40. The van der Waals surface area contributed by atoms with Crippen LogP contribution in [0.25, 0.3) is 5.69 Å². The molecule has 1 unspecified atom stereocenters. The molecule has 2 heterocycles. The lowest BCUT2D eigenvalue weighted by atomic mass is 10.2. The number of hydrogen-bond acceptors (Lipinski definition) is 5. The first-order chi connectivity index (χ1) is 9.83. The third-order valence-corrected chi connectivity index (χ3v) is 3.07. The molecule has 0 radical (unpaired) electrons. The molecule has 0 saturated carbocycles. The molecule has 0 bridgehead atoms. The summed E-state index contributed by atoms with van der Waals surface area (Å²) in [5, 5.41) is 13.5. The number of aromatic nitrogens is 3. The maximum absolute atomic E-state index is 12.1. The standard InChI is InChI=1S/C13H15N5O2/c19-13(12-7-20-5-4-14-12)17-10-2-1-3-11(6-10)18-8-15-16-9-18/h1-3,6,8-9,12,14H,4-5,7H2,(H,17,19). The van der Waals surface area contributed by atoms with Gasteiger partial charge in [-0.2, -0.15) is 0 Å². The Morgan fingerprint density at radius 1 is 1.40 bits per heavy atom. The lowest BCUT2D eigenvalue weighted by Gasteiger charge is -2.23. The zero-order chi connectivity index (χ0) is 13.8. The molecule has 0 spiro atoms. The molecule has 1 amide bonds. The van der Waals surface area contributed by atoms with Gasteiger partial charge in [0.05, 0.1) is 18.9 Å². The highest BCUT2D eigenvalue weighted by Crippen LogP contribution is 2.14. The Bertz CT molecular complexity index is 578. The van der Waals surface area contributed by atoms with E-state index in [1.54, 1.807) is 17.2 Å². The molecule has 1 aromatic carbocycles. The van der Waals surface area contributed by atoms with Crippen LogP contribution in [0, 0.1) is 0 Å². The number of carbonyl (C=O) groups is 1. The Kier molecular flexibility index (Phi) is 3.71. The molecule has 1 saturated heterocycles. The van der Waals surface area contributed by atoms with Crippen LogP contribution < -0.4 is 10.6 Å². The van der Waals surface area contributed by atoms with Crippen LogP contribution in [0.15, 0.2) is 36.9 Å². The van der Waals surface area contributed by atoms with E-state index in [1.807, 2.05) is 24.3 Å². The van der Waals surface area contributed by atoms with Crippen molar-refractivity contribution in [3.05, 3.63) is 36.9 Å². The van der Waals surface area contributed by atoms with Crippen molar-refractivity contribution in [2.45, 2.75) is 6.04 Å². The third kappa shape index (κ3) is 2.84. The number of ether oxygens (including phenoxy) is 1. The molecule has 7 heteroatoms. The first-order valence-corrected chi connectivity index (χ1v) is 6.40. The van der Waals surface area contributed by atoms with E-state index >= 15 is 0 Å². The maximum Gasteiger partial charge on any atom is 0.243 e. The summed E-state index contributed by atoms with van der Waals surface area (Å²) in [5.41, 5.74) is 1.62. The number of nitrogens with one attached hydrogen (secondary N) is 2. The SMILES string of the molecule is O=C(Nc1cccc(-n2cnnc2)c1)C1COCCN1. The molecule has 2 N–H and O–H groups in total. The second-order valence-corrected chi connectivity index (χ2v) is 4.49. The number of nitrogens with zero attached hydrogens (tertiary/aromatic N) is 3. The van der Waals surface area contributed by atoms with Crippen LogP contribution in [-0.2, 0) is 9.53 Å². The van der Waals surface area contributed by atoms with E-state index < -0.39 is 0 Å². The van der Waals surface area contributed by atoms with Crippen molar-refractivity contribution < 1.29 is 9.53 Å². The highest BCUT2D eigenvalue weighted by atomic mass is 16.5.